The van der Waals surface area contributed by atoms with E-state index in [1.54, 1.807) is 11.0 Å². The summed E-state index contributed by atoms with van der Waals surface area (Å²) in [6, 6.07) is 4.33. The van der Waals surface area contributed by atoms with Gasteiger partial charge < -0.3 is 9.64 Å². The van der Waals surface area contributed by atoms with E-state index in [9.17, 15) is 9.18 Å². The van der Waals surface area contributed by atoms with Crippen molar-refractivity contribution in [2.24, 2.45) is 5.92 Å². The molecular weight excluding hydrogens is 289 g/mol. The first kappa shape index (κ1) is 12.4. The first-order valence-corrected chi connectivity index (χ1v) is 6.47. The zero-order valence-corrected chi connectivity index (χ0v) is 11.0. The number of methoxy groups -OCH3 is 1. The van der Waals surface area contributed by atoms with Crippen LogP contribution in [0, 0.1) is 11.7 Å². The lowest BCUT2D eigenvalue weighted by Crippen LogP contribution is -2.24. The predicted octanol–water partition coefficient (Wildman–Crippen LogP) is 2.58. The fourth-order valence-corrected chi connectivity index (χ4v) is 2.39. The number of carbonyl (C=O) groups is 1. The van der Waals surface area contributed by atoms with E-state index in [2.05, 4.69) is 15.9 Å². The Hall–Kier alpha value is -1.10. The van der Waals surface area contributed by atoms with E-state index in [1.807, 2.05) is 0 Å². The minimum absolute atomic E-state index is 0.0297. The first-order chi connectivity index (χ1) is 8.13. The van der Waals surface area contributed by atoms with Crippen LogP contribution in [0.25, 0.3) is 0 Å². The number of hydrogen-bond acceptors (Lipinski definition) is 2. The van der Waals surface area contributed by atoms with Gasteiger partial charge in [-0.3, -0.25) is 4.79 Å². The Labute approximate surface area is 108 Å². The third kappa shape index (κ3) is 2.60. The third-order valence-electron chi connectivity index (χ3n) is 2.83. The minimum Gasteiger partial charge on any atom is -0.497 e. The largest absolute Gasteiger partial charge is 0.497 e. The summed E-state index contributed by atoms with van der Waals surface area (Å²) >= 11 is 3.37. The van der Waals surface area contributed by atoms with E-state index in [1.165, 1.54) is 19.2 Å². The second-order valence-electron chi connectivity index (χ2n) is 4.08. The standard InChI is InChI=1S/C12H13BrFNO2/c1-17-11-4-9(14)3-10(5-11)15-7-8(6-13)2-12(15)16/h3-5,8H,2,6-7H2,1H3. The van der Waals surface area contributed by atoms with Crippen LogP contribution >= 0.6 is 15.9 Å². The van der Waals surface area contributed by atoms with Gasteiger partial charge >= 0.3 is 0 Å². The van der Waals surface area contributed by atoms with Gasteiger partial charge in [0.2, 0.25) is 5.91 Å². The van der Waals surface area contributed by atoms with Crippen molar-refractivity contribution in [1.29, 1.82) is 0 Å². The van der Waals surface area contributed by atoms with Crippen molar-refractivity contribution in [1.82, 2.24) is 0 Å². The lowest BCUT2D eigenvalue weighted by molar-refractivity contribution is -0.117. The molecule has 1 fully saturated rings. The highest BCUT2D eigenvalue weighted by molar-refractivity contribution is 9.09. The molecule has 0 bridgehead atoms. The Balaban J connectivity index is 2.28. The van der Waals surface area contributed by atoms with Gasteiger partial charge in [-0.25, -0.2) is 4.39 Å². The molecule has 0 saturated carbocycles. The second-order valence-corrected chi connectivity index (χ2v) is 4.73. The van der Waals surface area contributed by atoms with Crippen LogP contribution in [-0.2, 0) is 4.79 Å². The Morgan fingerprint density at radius 1 is 1.53 bits per heavy atom. The quantitative estimate of drug-likeness (QED) is 0.803. The van der Waals surface area contributed by atoms with Gasteiger partial charge in [-0.1, -0.05) is 15.9 Å². The van der Waals surface area contributed by atoms with E-state index >= 15 is 0 Å². The molecule has 0 spiro atoms. The van der Waals surface area contributed by atoms with Crippen LogP contribution in [0.5, 0.6) is 5.75 Å². The maximum absolute atomic E-state index is 13.3. The number of nitrogens with zero attached hydrogens (tertiary/aromatic N) is 1. The van der Waals surface area contributed by atoms with E-state index in [4.69, 9.17) is 4.74 Å². The molecule has 0 aromatic heterocycles. The first-order valence-electron chi connectivity index (χ1n) is 5.35. The molecule has 0 radical (unpaired) electrons. The molecule has 92 valence electrons. The predicted molar refractivity (Wildman–Crippen MR) is 67.2 cm³/mol. The van der Waals surface area contributed by atoms with Gasteiger partial charge in [-0.2, -0.15) is 0 Å². The number of carbonyl (C=O) groups excluding carboxylic acids is 1. The highest BCUT2D eigenvalue weighted by Crippen LogP contribution is 2.29. The molecule has 1 saturated heterocycles. The fraction of sp³-hybridized carbons (Fsp3) is 0.417. The molecule has 5 heteroatoms. The van der Waals surface area contributed by atoms with E-state index < -0.39 is 5.82 Å². The molecule has 1 aromatic rings. The van der Waals surface area contributed by atoms with Crippen LogP contribution in [0.3, 0.4) is 0 Å². The van der Waals surface area contributed by atoms with Crippen LogP contribution in [-0.4, -0.2) is 24.9 Å². The van der Waals surface area contributed by atoms with E-state index in [0.717, 1.165) is 5.33 Å². The molecule has 0 aliphatic carbocycles. The minimum atomic E-state index is -0.394. The molecule has 1 aromatic carbocycles. The Morgan fingerprint density at radius 2 is 2.29 bits per heavy atom. The van der Waals surface area contributed by atoms with Crippen LogP contribution in [0.1, 0.15) is 6.42 Å². The van der Waals surface area contributed by atoms with Gasteiger partial charge in [-0.05, 0) is 12.0 Å². The van der Waals surface area contributed by atoms with Gasteiger partial charge in [0.05, 0.1) is 12.8 Å². The summed E-state index contributed by atoms with van der Waals surface area (Å²) in [4.78, 5) is 13.4. The van der Waals surface area contributed by atoms with Gasteiger partial charge in [0, 0.05) is 30.4 Å². The number of rotatable bonds is 3. The highest BCUT2D eigenvalue weighted by atomic mass is 79.9. The zero-order chi connectivity index (χ0) is 12.4. The molecule has 1 atom stereocenters. The molecule has 1 aliphatic heterocycles. The number of amides is 1. The lowest BCUT2D eigenvalue weighted by atomic mass is 10.2. The van der Waals surface area contributed by atoms with Crippen LogP contribution in [0.4, 0.5) is 10.1 Å². The summed E-state index contributed by atoms with van der Waals surface area (Å²) < 4.78 is 18.3. The average molecular weight is 302 g/mol. The molecule has 1 heterocycles. The maximum atomic E-state index is 13.3. The topological polar surface area (TPSA) is 29.5 Å². The Bertz CT molecular complexity index is 439. The van der Waals surface area contributed by atoms with Crippen molar-refractivity contribution < 1.29 is 13.9 Å². The molecular formula is C12H13BrFNO2. The van der Waals surface area contributed by atoms with Gasteiger partial charge in [0.15, 0.2) is 0 Å². The van der Waals surface area contributed by atoms with E-state index in [-0.39, 0.29) is 11.8 Å². The van der Waals surface area contributed by atoms with Crippen molar-refractivity contribution in [3.05, 3.63) is 24.0 Å². The number of halogens is 2. The summed E-state index contributed by atoms with van der Waals surface area (Å²) in [7, 11) is 1.48. The SMILES string of the molecule is COc1cc(F)cc(N2CC(CBr)CC2=O)c1. The normalized spacial score (nSPS) is 19.8. The number of benzene rings is 1. The van der Waals surface area contributed by atoms with Gasteiger partial charge in [0.1, 0.15) is 11.6 Å². The monoisotopic (exact) mass is 301 g/mol. The lowest BCUT2D eigenvalue weighted by Gasteiger charge is -2.17. The molecule has 1 unspecified atom stereocenters. The molecule has 0 N–H and O–H groups in total. The van der Waals surface area contributed by atoms with Crippen molar-refractivity contribution in [2.75, 3.05) is 23.9 Å². The van der Waals surface area contributed by atoms with Gasteiger partial charge in [-0.15, -0.1) is 0 Å². The molecule has 17 heavy (non-hydrogen) atoms. The number of hydrogen-bond donors (Lipinski definition) is 0. The van der Waals surface area contributed by atoms with Crippen LogP contribution in [0.2, 0.25) is 0 Å². The number of anilines is 1. The average Bonchev–Trinajstić information content (AvgIpc) is 2.69. The van der Waals surface area contributed by atoms with E-state index in [0.29, 0.717) is 24.4 Å². The van der Waals surface area contributed by atoms with Crippen molar-refractivity contribution in [3.63, 3.8) is 0 Å². The summed E-state index contributed by atoms with van der Waals surface area (Å²) in [5.41, 5.74) is 0.565. The number of ether oxygens (including phenoxy) is 1. The Morgan fingerprint density at radius 3 is 2.88 bits per heavy atom. The van der Waals surface area contributed by atoms with Crippen molar-refractivity contribution in [2.45, 2.75) is 6.42 Å². The third-order valence-corrected chi connectivity index (χ3v) is 3.74. The van der Waals surface area contributed by atoms with Crippen molar-refractivity contribution >= 4 is 27.5 Å². The maximum Gasteiger partial charge on any atom is 0.227 e. The smallest absolute Gasteiger partial charge is 0.227 e. The van der Waals surface area contributed by atoms with Gasteiger partial charge in [0.25, 0.3) is 0 Å². The Kier molecular flexibility index (Phi) is 3.66. The molecule has 1 aliphatic rings. The van der Waals surface area contributed by atoms with Crippen LogP contribution in [0.15, 0.2) is 18.2 Å². The fourth-order valence-electron chi connectivity index (χ4n) is 1.96. The molecule has 1 amide bonds. The zero-order valence-electron chi connectivity index (χ0n) is 9.45. The summed E-state index contributed by atoms with van der Waals surface area (Å²) in [6.45, 7) is 0.622. The van der Waals surface area contributed by atoms with Crippen LogP contribution < -0.4 is 9.64 Å². The molecule has 3 nitrogen and oxygen atoms in total. The molecule has 2 rings (SSSR count). The number of alkyl halides is 1. The van der Waals surface area contributed by atoms with Crippen molar-refractivity contribution in [3.8, 4) is 5.75 Å². The summed E-state index contributed by atoms with van der Waals surface area (Å²) in [5.74, 6) is 0.350. The summed E-state index contributed by atoms with van der Waals surface area (Å²) in [5, 5.41) is 0.779. The summed E-state index contributed by atoms with van der Waals surface area (Å²) in [6.07, 6.45) is 0.504. The highest BCUT2D eigenvalue weighted by Gasteiger charge is 2.30. The second kappa shape index (κ2) is 5.04.